The fourth-order valence-corrected chi connectivity index (χ4v) is 3.33. The largest absolute Gasteiger partial charge is 0.385 e. The monoisotopic (exact) mass is 384 g/mol. The van der Waals surface area contributed by atoms with Gasteiger partial charge in [0.1, 0.15) is 11.6 Å². The number of rotatable bonds is 10. The number of aromatic nitrogens is 1. The summed E-state index contributed by atoms with van der Waals surface area (Å²) in [6, 6.07) is 17.6. The molecule has 0 aliphatic heterocycles. The van der Waals surface area contributed by atoms with Gasteiger partial charge in [0.05, 0.1) is 6.54 Å². The van der Waals surface area contributed by atoms with E-state index >= 15 is 0 Å². The summed E-state index contributed by atoms with van der Waals surface area (Å²) in [6.45, 7) is 3.33. The van der Waals surface area contributed by atoms with Gasteiger partial charge in [-0.25, -0.2) is 8.78 Å². The summed E-state index contributed by atoms with van der Waals surface area (Å²) in [5, 5.41) is 0. The second-order valence-corrected chi connectivity index (χ2v) is 6.91. The maximum Gasteiger partial charge on any atom is 0.128 e. The average Bonchev–Trinajstić information content (AvgIpc) is 3.10. The van der Waals surface area contributed by atoms with Gasteiger partial charge in [-0.15, -0.1) is 0 Å². The van der Waals surface area contributed by atoms with Gasteiger partial charge in [-0.2, -0.15) is 0 Å². The van der Waals surface area contributed by atoms with Crippen LogP contribution in [0.15, 0.2) is 66.9 Å². The molecular weight excluding hydrogens is 358 g/mol. The Bertz CT molecular complexity index is 878. The van der Waals surface area contributed by atoms with Crippen molar-refractivity contribution in [3.8, 4) is 0 Å². The zero-order valence-electron chi connectivity index (χ0n) is 16.2. The predicted octanol–water partition coefficient (Wildman–Crippen LogP) is 4.85. The van der Waals surface area contributed by atoms with Gasteiger partial charge in [0, 0.05) is 50.8 Å². The molecule has 0 atom stereocenters. The first-order valence-corrected chi connectivity index (χ1v) is 9.49. The highest BCUT2D eigenvalue weighted by Crippen LogP contribution is 2.15. The number of methoxy groups -OCH3 is 1. The van der Waals surface area contributed by atoms with E-state index in [1.807, 2.05) is 30.5 Å². The molecule has 148 valence electrons. The van der Waals surface area contributed by atoms with E-state index in [2.05, 4.69) is 15.5 Å². The Hall–Kier alpha value is -2.50. The van der Waals surface area contributed by atoms with Crippen LogP contribution < -0.4 is 0 Å². The minimum Gasteiger partial charge on any atom is -0.385 e. The Morgan fingerprint density at radius 2 is 1.82 bits per heavy atom. The number of benzene rings is 2. The van der Waals surface area contributed by atoms with E-state index in [9.17, 15) is 8.78 Å². The molecule has 0 aliphatic carbocycles. The van der Waals surface area contributed by atoms with Crippen molar-refractivity contribution >= 4 is 0 Å². The molecule has 0 amide bonds. The second kappa shape index (κ2) is 10.2. The van der Waals surface area contributed by atoms with Crippen molar-refractivity contribution in [3.05, 3.63) is 95.3 Å². The second-order valence-electron chi connectivity index (χ2n) is 6.91. The summed E-state index contributed by atoms with van der Waals surface area (Å²) in [7, 11) is 1.69. The molecule has 1 aromatic heterocycles. The molecule has 0 N–H and O–H groups in total. The lowest BCUT2D eigenvalue weighted by Crippen LogP contribution is -2.26. The summed E-state index contributed by atoms with van der Waals surface area (Å²) >= 11 is 0. The maximum atomic E-state index is 14.0. The first-order chi connectivity index (χ1) is 13.7. The van der Waals surface area contributed by atoms with E-state index < -0.39 is 0 Å². The summed E-state index contributed by atoms with van der Waals surface area (Å²) in [6.07, 6.45) is 2.86. The van der Waals surface area contributed by atoms with E-state index in [0.29, 0.717) is 31.8 Å². The molecule has 28 heavy (non-hydrogen) atoms. The zero-order valence-corrected chi connectivity index (χ0v) is 16.2. The van der Waals surface area contributed by atoms with Crippen molar-refractivity contribution in [1.29, 1.82) is 0 Å². The Morgan fingerprint density at radius 1 is 0.964 bits per heavy atom. The molecule has 0 radical (unpaired) electrons. The average molecular weight is 384 g/mol. The molecule has 0 saturated heterocycles. The van der Waals surface area contributed by atoms with Crippen LogP contribution in [0, 0.1) is 11.6 Å². The number of ether oxygens (including phenoxy) is 1. The minimum atomic E-state index is -0.225. The predicted molar refractivity (Wildman–Crippen MR) is 107 cm³/mol. The van der Waals surface area contributed by atoms with Crippen LogP contribution in [0.5, 0.6) is 0 Å². The highest BCUT2D eigenvalue weighted by Gasteiger charge is 2.12. The lowest BCUT2D eigenvalue weighted by molar-refractivity contribution is 0.165. The van der Waals surface area contributed by atoms with Crippen molar-refractivity contribution in [3.63, 3.8) is 0 Å². The van der Waals surface area contributed by atoms with Gasteiger partial charge in [0.15, 0.2) is 0 Å². The van der Waals surface area contributed by atoms with Crippen LogP contribution in [0.4, 0.5) is 8.78 Å². The van der Waals surface area contributed by atoms with Crippen LogP contribution >= 0.6 is 0 Å². The SMILES string of the molecule is COCCCN(Cc1cccc(F)c1)Cc1cccn1Cc1ccccc1F. The molecule has 1 heterocycles. The normalized spacial score (nSPS) is 11.3. The van der Waals surface area contributed by atoms with Crippen LogP contribution in [0.25, 0.3) is 0 Å². The van der Waals surface area contributed by atoms with Gasteiger partial charge in [-0.1, -0.05) is 30.3 Å². The third-order valence-corrected chi connectivity index (χ3v) is 4.73. The minimum absolute atomic E-state index is 0.195. The van der Waals surface area contributed by atoms with Crippen LogP contribution in [-0.4, -0.2) is 29.7 Å². The molecule has 0 unspecified atom stereocenters. The van der Waals surface area contributed by atoms with Crippen LogP contribution in [0.2, 0.25) is 0 Å². The van der Waals surface area contributed by atoms with E-state index in [-0.39, 0.29) is 11.6 Å². The van der Waals surface area contributed by atoms with Crippen molar-refractivity contribution < 1.29 is 13.5 Å². The van der Waals surface area contributed by atoms with Gasteiger partial charge in [-0.05, 0) is 42.3 Å². The maximum absolute atomic E-state index is 14.0. The lowest BCUT2D eigenvalue weighted by atomic mass is 10.2. The van der Waals surface area contributed by atoms with Gasteiger partial charge < -0.3 is 9.30 Å². The molecule has 3 aromatic rings. The zero-order chi connectivity index (χ0) is 19.8. The molecule has 3 rings (SSSR count). The molecule has 2 aromatic carbocycles. The van der Waals surface area contributed by atoms with Gasteiger partial charge >= 0.3 is 0 Å². The Morgan fingerprint density at radius 3 is 2.61 bits per heavy atom. The van der Waals surface area contributed by atoms with E-state index in [4.69, 9.17) is 4.74 Å². The summed E-state index contributed by atoms with van der Waals surface area (Å²) in [5.74, 6) is -0.420. The fourth-order valence-electron chi connectivity index (χ4n) is 3.33. The van der Waals surface area contributed by atoms with Crippen molar-refractivity contribution in [1.82, 2.24) is 9.47 Å². The Labute approximate surface area is 165 Å². The third kappa shape index (κ3) is 5.75. The molecular formula is C23H26F2N2O. The lowest BCUT2D eigenvalue weighted by Gasteiger charge is -2.23. The number of hydrogen-bond donors (Lipinski definition) is 0. The van der Waals surface area contributed by atoms with Crippen LogP contribution in [-0.2, 0) is 24.4 Å². The number of hydrogen-bond acceptors (Lipinski definition) is 2. The molecule has 0 fully saturated rings. The van der Waals surface area contributed by atoms with E-state index in [0.717, 1.165) is 24.2 Å². The summed E-state index contributed by atoms with van der Waals surface area (Å²) in [5.41, 5.74) is 2.69. The van der Waals surface area contributed by atoms with Gasteiger partial charge in [-0.3, -0.25) is 4.90 Å². The number of nitrogens with zero attached hydrogens (tertiary/aromatic N) is 2. The van der Waals surface area contributed by atoms with E-state index in [1.54, 1.807) is 25.3 Å². The highest BCUT2D eigenvalue weighted by atomic mass is 19.1. The highest BCUT2D eigenvalue weighted by molar-refractivity contribution is 5.20. The topological polar surface area (TPSA) is 17.4 Å². The fraction of sp³-hybridized carbons (Fsp3) is 0.304. The molecule has 0 bridgehead atoms. The van der Waals surface area contributed by atoms with Gasteiger partial charge in [0.2, 0.25) is 0 Å². The molecule has 0 saturated carbocycles. The first kappa shape index (κ1) is 20.2. The summed E-state index contributed by atoms with van der Waals surface area (Å²) in [4.78, 5) is 2.26. The molecule has 3 nitrogen and oxygen atoms in total. The first-order valence-electron chi connectivity index (χ1n) is 9.49. The third-order valence-electron chi connectivity index (χ3n) is 4.73. The van der Waals surface area contributed by atoms with Crippen LogP contribution in [0.1, 0.15) is 23.2 Å². The van der Waals surface area contributed by atoms with Crippen LogP contribution in [0.3, 0.4) is 0 Å². The Balaban J connectivity index is 1.73. The number of halogens is 2. The molecule has 5 heteroatoms. The van der Waals surface area contributed by atoms with Gasteiger partial charge in [0.25, 0.3) is 0 Å². The summed E-state index contributed by atoms with van der Waals surface area (Å²) < 4.78 is 34.8. The van der Waals surface area contributed by atoms with Crippen molar-refractivity contribution in [2.45, 2.75) is 26.1 Å². The smallest absolute Gasteiger partial charge is 0.128 e. The quantitative estimate of drug-likeness (QED) is 0.465. The molecule has 0 spiro atoms. The van der Waals surface area contributed by atoms with E-state index in [1.165, 1.54) is 12.1 Å². The van der Waals surface area contributed by atoms with Crippen molar-refractivity contribution in [2.24, 2.45) is 0 Å². The molecule has 0 aliphatic rings. The standard InChI is InChI=1S/C23H26F2N2O/c1-28-14-6-12-26(16-19-7-4-9-21(24)15-19)18-22-10-5-13-27(22)17-20-8-2-3-11-23(20)25/h2-5,7-11,13,15H,6,12,14,16-18H2,1H3. The van der Waals surface area contributed by atoms with Crippen molar-refractivity contribution in [2.75, 3.05) is 20.3 Å². The Kier molecular flexibility index (Phi) is 7.34.